The van der Waals surface area contributed by atoms with Crippen LogP contribution >= 0.6 is 0 Å². The van der Waals surface area contributed by atoms with E-state index in [1.807, 2.05) is 13.8 Å². The molecule has 1 saturated carbocycles. The van der Waals surface area contributed by atoms with Gasteiger partial charge in [-0.25, -0.2) is 4.79 Å². The standard InChI is InChI=1S/C15H28N2O3/c1-11(2)13(9-14(18)19)16-15(20)17(3)10-12-7-5-4-6-8-12/h11-13H,4-10H2,1-3H3,(H,16,20)(H,18,19). The largest absolute Gasteiger partial charge is 0.481 e. The molecule has 0 radical (unpaired) electrons. The van der Waals surface area contributed by atoms with Crippen LogP contribution in [0.25, 0.3) is 0 Å². The predicted molar refractivity (Wildman–Crippen MR) is 78.6 cm³/mol. The van der Waals surface area contributed by atoms with Gasteiger partial charge in [0.2, 0.25) is 0 Å². The molecular formula is C15H28N2O3. The minimum absolute atomic E-state index is 0.0271. The lowest BCUT2D eigenvalue weighted by molar-refractivity contribution is -0.137. The number of aliphatic carboxylic acids is 1. The first kappa shape index (κ1) is 16.8. The molecule has 0 bridgehead atoms. The Labute approximate surface area is 121 Å². The highest BCUT2D eigenvalue weighted by Crippen LogP contribution is 2.24. The van der Waals surface area contributed by atoms with Gasteiger partial charge in [0.05, 0.1) is 6.42 Å². The number of nitrogens with zero attached hydrogens (tertiary/aromatic N) is 1. The van der Waals surface area contributed by atoms with Gasteiger partial charge in [0, 0.05) is 19.6 Å². The highest BCUT2D eigenvalue weighted by molar-refractivity contribution is 5.75. The van der Waals surface area contributed by atoms with Crippen molar-refractivity contribution in [3.63, 3.8) is 0 Å². The van der Waals surface area contributed by atoms with Crippen LogP contribution in [0.1, 0.15) is 52.4 Å². The number of carbonyl (C=O) groups is 2. The van der Waals surface area contributed by atoms with Crippen LogP contribution in [0.15, 0.2) is 0 Å². The average Bonchev–Trinajstić information content (AvgIpc) is 2.38. The Bertz CT molecular complexity index is 325. The van der Waals surface area contributed by atoms with E-state index in [1.165, 1.54) is 32.1 Å². The van der Waals surface area contributed by atoms with Gasteiger partial charge in [0.15, 0.2) is 0 Å². The first-order valence-electron chi connectivity index (χ1n) is 7.63. The van der Waals surface area contributed by atoms with Crippen molar-refractivity contribution in [1.82, 2.24) is 10.2 Å². The fourth-order valence-corrected chi connectivity index (χ4v) is 2.75. The first-order chi connectivity index (χ1) is 9.40. The lowest BCUT2D eigenvalue weighted by Crippen LogP contribution is -2.47. The van der Waals surface area contributed by atoms with E-state index in [1.54, 1.807) is 11.9 Å². The average molecular weight is 284 g/mol. The summed E-state index contributed by atoms with van der Waals surface area (Å²) >= 11 is 0. The molecule has 2 amide bonds. The van der Waals surface area contributed by atoms with Crippen LogP contribution in [-0.4, -0.2) is 41.6 Å². The van der Waals surface area contributed by atoms with Gasteiger partial charge < -0.3 is 15.3 Å². The number of amides is 2. The van der Waals surface area contributed by atoms with Crippen molar-refractivity contribution >= 4 is 12.0 Å². The molecule has 5 nitrogen and oxygen atoms in total. The van der Waals surface area contributed by atoms with Crippen molar-refractivity contribution in [2.75, 3.05) is 13.6 Å². The summed E-state index contributed by atoms with van der Waals surface area (Å²) in [6.07, 6.45) is 6.18. The van der Waals surface area contributed by atoms with Gasteiger partial charge in [-0.3, -0.25) is 4.79 Å². The van der Waals surface area contributed by atoms with Crippen molar-refractivity contribution in [2.45, 2.75) is 58.4 Å². The monoisotopic (exact) mass is 284 g/mol. The number of nitrogens with one attached hydrogen (secondary N) is 1. The summed E-state index contributed by atoms with van der Waals surface area (Å²) in [6.45, 7) is 4.62. The highest BCUT2D eigenvalue weighted by atomic mass is 16.4. The van der Waals surface area contributed by atoms with E-state index in [-0.39, 0.29) is 24.4 Å². The first-order valence-corrected chi connectivity index (χ1v) is 7.63. The molecule has 0 saturated heterocycles. The number of hydrogen-bond donors (Lipinski definition) is 2. The quantitative estimate of drug-likeness (QED) is 0.788. The molecule has 0 aromatic heterocycles. The summed E-state index contributed by atoms with van der Waals surface area (Å²) in [5, 5.41) is 11.7. The summed E-state index contributed by atoms with van der Waals surface area (Å²) in [5.41, 5.74) is 0. The maximum atomic E-state index is 12.1. The minimum atomic E-state index is -0.876. The Morgan fingerprint density at radius 3 is 2.35 bits per heavy atom. The van der Waals surface area contributed by atoms with Gasteiger partial charge in [-0.2, -0.15) is 0 Å². The molecule has 1 fully saturated rings. The molecule has 0 aromatic rings. The number of carboxylic acids is 1. The van der Waals surface area contributed by atoms with Crippen LogP contribution in [-0.2, 0) is 4.79 Å². The fraction of sp³-hybridized carbons (Fsp3) is 0.867. The molecule has 5 heteroatoms. The summed E-state index contributed by atoms with van der Waals surface area (Å²) in [4.78, 5) is 24.7. The molecule has 116 valence electrons. The van der Waals surface area contributed by atoms with Crippen molar-refractivity contribution in [3.8, 4) is 0 Å². The number of carbonyl (C=O) groups excluding carboxylic acids is 1. The van der Waals surface area contributed by atoms with Crippen LogP contribution < -0.4 is 5.32 Å². The molecule has 0 aromatic carbocycles. The van der Waals surface area contributed by atoms with Gasteiger partial charge in [-0.1, -0.05) is 33.1 Å². The van der Waals surface area contributed by atoms with E-state index < -0.39 is 5.97 Å². The van der Waals surface area contributed by atoms with E-state index in [0.29, 0.717) is 5.92 Å². The molecule has 1 aliphatic carbocycles. The molecule has 0 spiro atoms. The van der Waals surface area contributed by atoms with E-state index >= 15 is 0 Å². The van der Waals surface area contributed by atoms with Gasteiger partial charge >= 0.3 is 12.0 Å². The molecule has 1 rings (SSSR count). The van der Waals surface area contributed by atoms with E-state index in [0.717, 1.165) is 6.54 Å². The third-order valence-electron chi connectivity index (χ3n) is 4.11. The topological polar surface area (TPSA) is 69.6 Å². The summed E-state index contributed by atoms with van der Waals surface area (Å²) < 4.78 is 0. The lowest BCUT2D eigenvalue weighted by Gasteiger charge is -2.29. The van der Waals surface area contributed by atoms with Crippen LogP contribution in [0, 0.1) is 11.8 Å². The smallest absolute Gasteiger partial charge is 0.317 e. The SMILES string of the molecule is CC(C)C(CC(=O)O)NC(=O)N(C)CC1CCCCC1. The maximum Gasteiger partial charge on any atom is 0.317 e. The van der Waals surface area contributed by atoms with E-state index in [9.17, 15) is 9.59 Å². The zero-order chi connectivity index (χ0) is 15.1. The number of hydrogen-bond acceptors (Lipinski definition) is 2. The Morgan fingerprint density at radius 2 is 1.85 bits per heavy atom. The number of urea groups is 1. The molecule has 2 N–H and O–H groups in total. The molecule has 20 heavy (non-hydrogen) atoms. The second kappa shape index (κ2) is 8.12. The number of carboxylic acid groups (broad SMARTS) is 1. The third kappa shape index (κ3) is 5.80. The normalized spacial score (nSPS) is 17.8. The van der Waals surface area contributed by atoms with Gasteiger partial charge in [0.25, 0.3) is 0 Å². The molecule has 1 atom stereocenters. The van der Waals surface area contributed by atoms with Crippen LogP contribution in [0.3, 0.4) is 0 Å². The van der Waals surface area contributed by atoms with Crippen molar-refractivity contribution in [1.29, 1.82) is 0 Å². The molecule has 1 aliphatic rings. The van der Waals surface area contributed by atoms with Crippen LogP contribution in [0.2, 0.25) is 0 Å². The lowest BCUT2D eigenvalue weighted by atomic mass is 9.89. The second-order valence-corrected chi connectivity index (χ2v) is 6.28. The van der Waals surface area contributed by atoms with Crippen molar-refractivity contribution in [2.24, 2.45) is 11.8 Å². The summed E-state index contributed by atoms with van der Waals surface area (Å²) in [6, 6.07) is -0.468. The second-order valence-electron chi connectivity index (χ2n) is 6.28. The van der Waals surface area contributed by atoms with Crippen LogP contribution in [0.4, 0.5) is 4.79 Å². The third-order valence-corrected chi connectivity index (χ3v) is 4.11. The predicted octanol–water partition coefficient (Wildman–Crippen LogP) is 2.71. The van der Waals surface area contributed by atoms with Gasteiger partial charge in [-0.05, 0) is 24.7 Å². The summed E-state index contributed by atoms with van der Waals surface area (Å²) in [7, 11) is 1.79. The molecule has 0 heterocycles. The molecular weight excluding hydrogens is 256 g/mol. The fourth-order valence-electron chi connectivity index (χ4n) is 2.75. The van der Waals surface area contributed by atoms with E-state index in [4.69, 9.17) is 5.11 Å². The maximum absolute atomic E-state index is 12.1. The molecule has 0 aliphatic heterocycles. The Hall–Kier alpha value is -1.26. The zero-order valence-electron chi connectivity index (χ0n) is 12.9. The van der Waals surface area contributed by atoms with Gasteiger partial charge in [0.1, 0.15) is 0 Å². The Balaban J connectivity index is 2.43. The summed E-state index contributed by atoms with van der Waals surface area (Å²) in [5.74, 6) is -0.173. The zero-order valence-corrected chi connectivity index (χ0v) is 12.9. The number of rotatable bonds is 6. The highest BCUT2D eigenvalue weighted by Gasteiger charge is 2.23. The van der Waals surface area contributed by atoms with Crippen molar-refractivity contribution < 1.29 is 14.7 Å². The Kier molecular flexibility index (Phi) is 6.82. The Morgan fingerprint density at radius 1 is 1.25 bits per heavy atom. The molecule has 1 unspecified atom stereocenters. The van der Waals surface area contributed by atoms with Crippen molar-refractivity contribution in [3.05, 3.63) is 0 Å². The van der Waals surface area contributed by atoms with Gasteiger partial charge in [-0.15, -0.1) is 0 Å². The minimum Gasteiger partial charge on any atom is -0.481 e. The van der Waals surface area contributed by atoms with Crippen LogP contribution in [0.5, 0.6) is 0 Å². The van der Waals surface area contributed by atoms with E-state index in [2.05, 4.69) is 5.32 Å².